The van der Waals surface area contributed by atoms with Crippen LogP contribution in [0.15, 0.2) is 36.4 Å². The van der Waals surface area contributed by atoms with E-state index < -0.39 is 15.9 Å². The lowest BCUT2D eigenvalue weighted by atomic mass is 10.1. The predicted octanol–water partition coefficient (Wildman–Crippen LogP) is 1.93. The van der Waals surface area contributed by atoms with Gasteiger partial charge in [-0.15, -0.1) is 0 Å². The molecule has 0 fully saturated rings. The van der Waals surface area contributed by atoms with Crippen LogP contribution in [0.4, 0.5) is 0 Å². The maximum absolute atomic E-state index is 10.8. The van der Waals surface area contributed by atoms with Gasteiger partial charge in [0, 0.05) is 0 Å². The van der Waals surface area contributed by atoms with Crippen molar-refractivity contribution in [1.29, 1.82) is 0 Å². The van der Waals surface area contributed by atoms with E-state index in [9.17, 15) is 13.5 Å². The fourth-order valence-corrected chi connectivity index (χ4v) is 2.31. The Hall–Kier alpha value is -1.59. The van der Waals surface area contributed by atoms with Gasteiger partial charge in [-0.1, -0.05) is 24.3 Å². The number of phenolic OH excluding ortho intramolecular Hbond substituents is 1. The second-order valence-corrected chi connectivity index (χ2v) is 5.00. The highest BCUT2D eigenvalue weighted by Gasteiger charge is 2.09. The van der Waals surface area contributed by atoms with E-state index in [1.54, 1.807) is 30.3 Å². The van der Waals surface area contributed by atoms with E-state index in [0.717, 1.165) is 5.39 Å². The van der Waals surface area contributed by atoms with Crippen molar-refractivity contribution in [3.8, 4) is 5.75 Å². The van der Waals surface area contributed by atoms with Gasteiger partial charge in [-0.2, -0.15) is 8.42 Å². The van der Waals surface area contributed by atoms with E-state index >= 15 is 0 Å². The third-order valence-electron chi connectivity index (χ3n) is 2.29. The molecule has 0 amide bonds. The molecule has 2 rings (SSSR count). The van der Waals surface area contributed by atoms with Crippen LogP contribution in [0.5, 0.6) is 5.75 Å². The van der Waals surface area contributed by atoms with Crippen molar-refractivity contribution < 1.29 is 18.1 Å². The molecule has 0 saturated carbocycles. The van der Waals surface area contributed by atoms with Crippen molar-refractivity contribution in [2.45, 2.75) is 5.75 Å². The van der Waals surface area contributed by atoms with Gasteiger partial charge >= 0.3 is 0 Å². The molecule has 0 aromatic heterocycles. The summed E-state index contributed by atoms with van der Waals surface area (Å²) in [6.45, 7) is 0. The first kappa shape index (κ1) is 10.9. The van der Waals surface area contributed by atoms with Crippen molar-refractivity contribution in [2.75, 3.05) is 0 Å². The minimum atomic E-state index is -4.04. The summed E-state index contributed by atoms with van der Waals surface area (Å²) < 4.78 is 30.4. The van der Waals surface area contributed by atoms with Gasteiger partial charge in [0.1, 0.15) is 11.5 Å². The number of aromatic hydroxyl groups is 1. The van der Waals surface area contributed by atoms with Crippen molar-refractivity contribution in [3.63, 3.8) is 0 Å². The van der Waals surface area contributed by atoms with Crippen molar-refractivity contribution >= 4 is 20.9 Å². The van der Waals surface area contributed by atoms with Gasteiger partial charge in [-0.3, -0.25) is 4.55 Å². The molecular formula is C11H10O4S. The Kier molecular flexibility index (Phi) is 2.57. The number of hydrogen-bond acceptors (Lipinski definition) is 3. The highest BCUT2D eigenvalue weighted by molar-refractivity contribution is 7.85. The van der Waals surface area contributed by atoms with E-state index in [2.05, 4.69) is 0 Å². The van der Waals surface area contributed by atoms with Crippen molar-refractivity contribution in [3.05, 3.63) is 42.0 Å². The molecule has 2 N–H and O–H groups in total. The van der Waals surface area contributed by atoms with Gasteiger partial charge < -0.3 is 5.11 Å². The van der Waals surface area contributed by atoms with Gasteiger partial charge in [0.15, 0.2) is 0 Å². The molecule has 5 heteroatoms. The minimum Gasteiger partial charge on any atom is -0.508 e. The average molecular weight is 238 g/mol. The van der Waals surface area contributed by atoms with Crippen LogP contribution in [0, 0.1) is 0 Å². The quantitative estimate of drug-likeness (QED) is 0.784. The second-order valence-electron chi connectivity index (χ2n) is 3.55. The van der Waals surface area contributed by atoms with Crippen LogP contribution >= 0.6 is 0 Å². The lowest BCUT2D eigenvalue weighted by Crippen LogP contribution is -2.01. The number of phenols is 1. The summed E-state index contributed by atoms with van der Waals surface area (Å²) in [5.74, 6) is -0.300. The van der Waals surface area contributed by atoms with E-state index in [1.165, 1.54) is 6.07 Å². The van der Waals surface area contributed by atoms with Gasteiger partial charge in [-0.25, -0.2) is 0 Å². The summed E-state index contributed by atoms with van der Waals surface area (Å²) in [6, 6.07) is 9.74. The van der Waals surface area contributed by atoms with Crippen LogP contribution in [-0.2, 0) is 15.9 Å². The Morgan fingerprint density at radius 2 is 1.88 bits per heavy atom. The maximum atomic E-state index is 10.8. The largest absolute Gasteiger partial charge is 0.508 e. The third kappa shape index (κ3) is 2.32. The van der Waals surface area contributed by atoms with E-state index in [1.807, 2.05) is 0 Å². The van der Waals surface area contributed by atoms with Crippen LogP contribution in [0.3, 0.4) is 0 Å². The molecule has 2 aromatic carbocycles. The molecule has 0 aliphatic rings. The molecular weight excluding hydrogens is 228 g/mol. The number of benzene rings is 2. The first-order valence-electron chi connectivity index (χ1n) is 4.61. The summed E-state index contributed by atoms with van der Waals surface area (Å²) in [7, 11) is -4.04. The third-order valence-corrected chi connectivity index (χ3v) is 2.97. The Bertz CT molecular complexity index is 631. The fraction of sp³-hybridized carbons (Fsp3) is 0.0909. The predicted molar refractivity (Wildman–Crippen MR) is 60.9 cm³/mol. The van der Waals surface area contributed by atoms with E-state index in [0.29, 0.717) is 10.9 Å². The Morgan fingerprint density at radius 1 is 1.12 bits per heavy atom. The van der Waals surface area contributed by atoms with Crippen molar-refractivity contribution in [2.24, 2.45) is 0 Å². The zero-order valence-corrected chi connectivity index (χ0v) is 9.11. The molecule has 0 spiro atoms. The monoisotopic (exact) mass is 238 g/mol. The van der Waals surface area contributed by atoms with E-state index in [-0.39, 0.29) is 5.75 Å². The normalized spacial score (nSPS) is 11.8. The summed E-state index contributed by atoms with van der Waals surface area (Å²) in [4.78, 5) is 0. The average Bonchev–Trinajstić information content (AvgIpc) is 2.15. The van der Waals surface area contributed by atoms with Crippen LogP contribution in [0.1, 0.15) is 5.56 Å². The molecule has 0 unspecified atom stereocenters. The molecule has 4 nitrogen and oxygen atoms in total. The number of hydrogen-bond donors (Lipinski definition) is 2. The maximum Gasteiger partial charge on any atom is 0.269 e. The molecule has 0 atom stereocenters. The van der Waals surface area contributed by atoms with Crippen LogP contribution < -0.4 is 0 Å². The second kappa shape index (κ2) is 3.77. The fourth-order valence-electron chi connectivity index (χ4n) is 1.66. The number of fused-ring (bicyclic) bond motifs is 1. The first-order valence-corrected chi connectivity index (χ1v) is 6.22. The van der Waals surface area contributed by atoms with Crippen molar-refractivity contribution in [1.82, 2.24) is 0 Å². The summed E-state index contributed by atoms with van der Waals surface area (Å²) in [5, 5.41) is 10.7. The van der Waals surface area contributed by atoms with Gasteiger partial charge in [-0.05, 0) is 28.5 Å². The standard InChI is InChI=1S/C11H10O4S/c12-10-4-5-11-8(6-10)2-1-3-9(11)7-16(13,14)15/h1-6,12H,7H2,(H,13,14,15). The van der Waals surface area contributed by atoms with E-state index in [4.69, 9.17) is 4.55 Å². The van der Waals surface area contributed by atoms with Gasteiger partial charge in [0.2, 0.25) is 0 Å². The highest BCUT2D eigenvalue weighted by Crippen LogP contribution is 2.24. The summed E-state index contributed by atoms with van der Waals surface area (Å²) in [6.07, 6.45) is 0. The molecule has 0 bridgehead atoms. The molecule has 0 aliphatic carbocycles. The molecule has 0 aliphatic heterocycles. The Labute approximate surface area is 92.9 Å². The molecule has 16 heavy (non-hydrogen) atoms. The SMILES string of the molecule is O=S(=O)(O)Cc1cccc2cc(O)ccc12. The topological polar surface area (TPSA) is 74.6 Å². The lowest BCUT2D eigenvalue weighted by Gasteiger charge is -2.05. The summed E-state index contributed by atoms with van der Waals surface area (Å²) in [5.41, 5.74) is 0.514. The molecule has 84 valence electrons. The number of rotatable bonds is 2. The lowest BCUT2D eigenvalue weighted by molar-refractivity contribution is 0.476. The van der Waals surface area contributed by atoms with Crippen LogP contribution in [0.25, 0.3) is 10.8 Å². The Balaban J connectivity index is 2.63. The molecule has 0 saturated heterocycles. The molecule has 0 heterocycles. The highest BCUT2D eigenvalue weighted by atomic mass is 32.2. The van der Waals surface area contributed by atoms with Gasteiger partial charge in [0.25, 0.3) is 10.1 Å². The molecule has 2 aromatic rings. The van der Waals surface area contributed by atoms with Crippen LogP contribution in [-0.4, -0.2) is 18.1 Å². The zero-order chi connectivity index (χ0) is 11.8. The smallest absolute Gasteiger partial charge is 0.269 e. The first-order chi connectivity index (χ1) is 7.46. The van der Waals surface area contributed by atoms with Gasteiger partial charge in [0.05, 0.1) is 0 Å². The van der Waals surface area contributed by atoms with Crippen LogP contribution in [0.2, 0.25) is 0 Å². The summed E-state index contributed by atoms with van der Waals surface area (Å²) >= 11 is 0. The minimum absolute atomic E-state index is 0.122. The zero-order valence-electron chi connectivity index (χ0n) is 8.29. The Morgan fingerprint density at radius 3 is 2.56 bits per heavy atom. The molecule has 0 radical (unpaired) electrons.